The molecule has 13 heavy (non-hydrogen) atoms. The SMILES string of the molecule is Cl.N=C1C=CC2=C(C=CC=NN2)C1. The molecule has 1 aliphatic heterocycles. The first kappa shape index (κ1) is 9.74. The molecule has 0 saturated carbocycles. The molecule has 0 aromatic carbocycles. The number of rotatable bonds is 0. The quantitative estimate of drug-likeness (QED) is 0.608. The van der Waals surface area contributed by atoms with Crippen molar-refractivity contribution in [3.8, 4) is 0 Å². The van der Waals surface area contributed by atoms with Gasteiger partial charge in [-0.2, -0.15) is 5.10 Å². The minimum absolute atomic E-state index is 0. The van der Waals surface area contributed by atoms with E-state index in [1.54, 1.807) is 12.3 Å². The predicted octanol–water partition coefficient (Wildman–Crippen LogP) is 1.79. The Morgan fingerprint density at radius 2 is 2.15 bits per heavy atom. The first-order valence-electron chi connectivity index (χ1n) is 3.80. The van der Waals surface area contributed by atoms with Gasteiger partial charge in [-0.3, -0.25) is 5.43 Å². The van der Waals surface area contributed by atoms with Gasteiger partial charge in [0, 0.05) is 18.3 Å². The van der Waals surface area contributed by atoms with Crippen LogP contribution in [0.3, 0.4) is 0 Å². The molecule has 0 atom stereocenters. The molecular formula is C9H10ClN3. The van der Waals surface area contributed by atoms with E-state index in [0.717, 1.165) is 11.3 Å². The van der Waals surface area contributed by atoms with Crippen LogP contribution in [0.5, 0.6) is 0 Å². The first-order chi connectivity index (χ1) is 5.86. The molecule has 2 N–H and O–H groups in total. The molecule has 0 unspecified atom stereocenters. The van der Waals surface area contributed by atoms with Gasteiger partial charge >= 0.3 is 0 Å². The number of nitrogens with one attached hydrogen (secondary N) is 2. The third-order valence-electron chi connectivity index (χ3n) is 1.82. The molecule has 0 amide bonds. The van der Waals surface area contributed by atoms with Crippen LogP contribution in [0.25, 0.3) is 0 Å². The largest absolute Gasteiger partial charge is 0.305 e. The average Bonchev–Trinajstić information content (AvgIpc) is 2.28. The summed E-state index contributed by atoms with van der Waals surface area (Å²) in [6.45, 7) is 0. The lowest BCUT2D eigenvalue weighted by Gasteiger charge is -2.11. The number of halogens is 1. The zero-order valence-electron chi connectivity index (χ0n) is 6.95. The second-order valence-electron chi connectivity index (χ2n) is 2.72. The predicted molar refractivity (Wildman–Crippen MR) is 56.5 cm³/mol. The highest BCUT2D eigenvalue weighted by molar-refractivity contribution is 5.96. The molecule has 1 aliphatic carbocycles. The van der Waals surface area contributed by atoms with Gasteiger partial charge in [0.25, 0.3) is 0 Å². The fourth-order valence-corrected chi connectivity index (χ4v) is 1.22. The topological polar surface area (TPSA) is 48.2 Å². The van der Waals surface area contributed by atoms with Crippen LogP contribution in [-0.2, 0) is 0 Å². The van der Waals surface area contributed by atoms with E-state index in [1.165, 1.54) is 0 Å². The standard InChI is InChI=1S/C9H9N3.ClH/c10-8-3-4-9-7(6-8)2-1-5-11-12-9;/h1-5,10,12H,6H2;1H. The van der Waals surface area contributed by atoms with Gasteiger partial charge in [0.1, 0.15) is 0 Å². The highest BCUT2D eigenvalue weighted by Gasteiger charge is 2.09. The zero-order valence-corrected chi connectivity index (χ0v) is 7.77. The van der Waals surface area contributed by atoms with E-state index in [-0.39, 0.29) is 12.4 Å². The van der Waals surface area contributed by atoms with Crippen LogP contribution in [0.15, 0.2) is 40.7 Å². The van der Waals surface area contributed by atoms with Gasteiger partial charge in [-0.1, -0.05) is 6.08 Å². The Morgan fingerprint density at radius 3 is 3.00 bits per heavy atom. The van der Waals surface area contributed by atoms with Gasteiger partial charge in [0.2, 0.25) is 0 Å². The maximum atomic E-state index is 7.46. The Bertz CT molecular complexity index is 337. The summed E-state index contributed by atoms with van der Waals surface area (Å²) in [6.07, 6.45) is 9.93. The van der Waals surface area contributed by atoms with Crippen molar-refractivity contribution in [1.29, 1.82) is 5.41 Å². The van der Waals surface area contributed by atoms with Crippen LogP contribution in [0, 0.1) is 5.41 Å². The fourth-order valence-electron chi connectivity index (χ4n) is 1.22. The fraction of sp³-hybridized carbons (Fsp3) is 0.111. The van der Waals surface area contributed by atoms with E-state index < -0.39 is 0 Å². The highest BCUT2D eigenvalue weighted by Crippen LogP contribution is 2.17. The Kier molecular flexibility index (Phi) is 3.03. The normalized spacial score (nSPS) is 18.9. The Morgan fingerprint density at radius 1 is 1.31 bits per heavy atom. The Balaban J connectivity index is 0.000000845. The number of nitrogens with zero attached hydrogens (tertiary/aromatic N) is 1. The third-order valence-corrected chi connectivity index (χ3v) is 1.82. The van der Waals surface area contributed by atoms with Crippen LogP contribution in [0.1, 0.15) is 6.42 Å². The first-order valence-corrected chi connectivity index (χ1v) is 3.80. The average molecular weight is 196 g/mol. The summed E-state index contributed by atoms with van der Waals surface area (Å²) < 4.78 is 0. The van der Waals surface area contributed by atoms with Crippen LogP contribution >= 0.6 is 12.4 Å². The number of hydrogen-bond donors (Lipinski definition) is 2. The molecule has 0 spiro atoms. The van der Waals surface area contributed by atoms with E-state index in [9.17, 15) is 0 Å². The lowest BCUT2D eigenvalue weighted by atomic mass is 10.0. The van der Waals surface area contributed by atoms with Crippen molar-refractivity contribution in [1.82, 2.24) is 5.43 Å². The molecule has 0 bridgehead atoms. The van der Waals surface area contributed by atoms with Crippen LogP contribution in [0.2, 0.25) is 0 Å². The van der Waals surface area contributed by atoms with Gasteiger partial charge in [0.05, 0.1) is 5.70 Å². The summed E-state index contributed by atoms with van der Waals surface area (Å²) in [5.41, 5.74) is 5.67. The van der Waals surface area contributed by atoms with Gasteiger partial charge in [-0.05, 0) is 23.8 Å². The monoisotopic (exact) mass is 195 g/mol. The molecule has 68 valence electrons. The smallest absolute Gasteiger partial charge is 0.0598 e. The van der Waals surface area contributed by atoms with Crippen LogP contribution in [0.4, 0.5) is 0 Å². The minimum atomic E-state index is 0. The number of hydrazone groups is 1. The third kappa shape index (κ3) is 2.06. The summed E-state index contributed by atoms with van der Waals surface area (Å²) in [4.78, 5) is 0. The van der Waals surface area contributed by atoms with Crippen molar-refractivity contribution < 1.29 is 0 Å². The van der Waals surface area contributed by atoms with Gasteiger partial charge in [0.15, 0.2) is 0 Å². The van der Waals surface area contributed by atoms with Gasteiger partial charge in [-0.15, -0.1) is 12.4 Å². The molecule has 0 fully saturated rings. The summed E-state index contributed by atoms with van der Waals surface area (Å²) in [5, 5.41) is 11.4. The molecule has 2 aliphatic rings. The molecular weight excluding hydrogens is 186 g/mol. The van der Waals surface area contributed by atoms with Crippen molar-refractivity contribution in [3.63, 3.8) is 0 Å². The Labute approximate surface area is 82.8 Å². The molecule has 2 rings (SSSR count). The van der Waals surface area contributed by atoms with Crippen molar-refractivity contribution >= 4 is 24.3 Å². The van der Waals surface area contributed by atoms with Crippen molar-refractivity contribution in [2.75, 3.05) is 0 Å². The molecule has 0 aromatic heterocycles. The van der Waals surface area contributed by atoms with E-state index >= 15 is 0 Å². The van der Waals surface area contributed by atoms with E-state index in [2.05, 4.69) is 10.5 Å². The van der Waals surface area contributed by atoms with E-state index in [1.807, 2.05) is 18.2 Å². The second-order valence-corrected chi connectivity index (χ2v) is 2.72. The highest BCUT2D eigenvalue weighted by atomic mass is 35.5. The van der Waals surface area contributed by atoms with Crippen molar-refractivity contribution in [3.05, 3.63) is 35.6 Å². The van der Waals surface area contributed by atoms with E-state index in [0.29, 0.717) is 12.1 Å². The maximum absolute atomic E-state index is 7.46. The van der Waals surface area contributed by atoms with Gasteiger partial charge < -0.3 is 5.41 Å². The molecule has 1 heterocycles. The molecule has 4 heteroatoms. The molecule has 0 radical (unpaired) electrons. The lowest BCUT2D eigenvalue weighted by Crippen LogP contribution is -2.10. The number of hydrogen-bond acceptors (Lipinski definition) is 3. The minimum Gasteiger partial charge on any atom is -0.305 e. The summed E-state index contributed by atoms with van der Waals surface area (Å²) in [6, 6.07) is 0. The zero-order chi connectivity index (χ0) is 8.39. The lowest BCUT2D eigenvalue weighted by molar-refractivity contribution is 0.907. The van der Waals surface area contributed by atoms with Crippen LogP contribution < -0.4 is 5.43 Å². The number of allylic oxidation sites excluding steroid dienone is 5. The Hall–Kier alpha value is -1.35. The van der Waals surface area contributed by atoms with Gasteiger partial charge in [-0.25, -0.2) is 0 Å². The van der Waals surface area contributed by atoms with Crippen LogP contribution in [-0.4, -0.2) is 11.9 Å². The maximum Gasteiger partial charge on any atom is 0.0598 e. The summed E-state index contributed by atoms with van der Waals surface area (Å²) >= 11 is 0. The van der Waals surface area contributed by atoms with E-state index in [4.69, 9.17) is 5.41 Å². The van der Waals surface area contributed by atoms with Crippen molar-refractivity contribution in [2.45, 2.75) is 6.42 Å². The summed E-state index contributed by atoms with van der Waals surface area (Å²) in [7, 11) is 0. The molecule has 0 saturated heterocycles. The summed E-state index contributed by atoms with van der Waals surface area (Å²) in [5.74, 6) is 0. The molecule has 0 aromatic rings. The van der Waals surface area contributed by atoms with Crippen molar-refractivity contribution in [2.24, 2.45) is 5.10 Å². The second kappa shape index (κ2) is 4.05. The molecule has 3 nitrogen and oxygen atoms in total.